The molecule has 2 aromatic rings. The SMILES string of the molecule is CC(=O)N1CC(N2CCN(c3cc(C)nn3-c3ccccc3)CC2)CC1C(=O)N1CCSC1. The summed E-state index contributed by atoms with van der Waals surface area (Å²) in [5.41, 5.74) is 2.07. The van der Waals surface area contributed by atoms with Crippen molar-refractivity contribution in [2.75, 3.05) is 55.8 Å². The maximum absolute atomic E-state index is 13.1. The molecule has 0 bridgehead atoms. The molecule has 33 heavy (non-hydrogen) atoms. The molecule has 3 fully saturated rings. The van der Waals surface area contributed by atoms with Crippen LogP contribution in [-0.4, -0.2) is 99.3 Å². The number of amides is 2. The molecule has 0 aliphatic carbocycles. The molecule has 0 N–H and O–H groups in total. The Morgan fingerprint density at radius 1 is 1.06 bits per heavy atom. The molecule has 3 aliphatic heterocycles. The van der Waals surface area contributed by atoms with E-state index >= 15 is 0 Å². The average Bonchev–Trinajstić information content (AvgIpc) is 3.59. The number of para-hydroxylation sites is 1. The second-order valence-corrected chi connectivity index (χ2v) is 10.2. The van der Waals surface area contributed by atoms with Crippen molar-refractivity contribution < 1.29 is 9.59 Å². The minimum atomic E-state index is -0.314. The molecule has 2 amide bonds. The molecule has 1 aromatic heterocycles. The Hall–Kier alpha value is -2.52. The molecule has 8 nitrogen and oxygen atoms in total. The summed E-state index contributed by atoms with van der Waals surface area (Å²) in [6.45, 7) is 8.69. The van der Waals surface area contributed by atoms with Crippen LogP contribution in [0.2, 0.25) is 0 Å². The Kier molecular flexibility index (Phi) is 6.34. The van der Waals surface area contributed by atoms with Crippen LogP contribution in [-0.2, 0) is 9.59 Å². The first-order valence-corrected chi connectivity index (χ1v) is 12.9. The van der Waals surface area contributed by atoms with Crippen molar-refractivity contribution in [3.63, 3.8) is 0 Å². The van der Waals surface area contributed by atoms with Crippen LogP contribution >= 0.6 is 11.8 Å². The minimum Gasteiger partial charge on any atom is -0.354 e. The van der Waals surface area contributed by atoms with Crippen LogP contribution in [0.1, 0.15) is 19.0 Å². The van der Waals surface area contributed by atoms with Crippen molar-refractivity contribution in [2.24, 2.45) is 0 Å². The molecule has 4 heterocycles. The molecule has 9 heteroatoms. The van der Waals surface area contributed by atoms with Gasteiger partial charge in [-0.15, -0.1) is 11.8 Å². The molecular weight excluding hydrogens is 436 g/mol. The molecule has 0 spiro atoms. The zero-order valence-electron chi connectivity index (χ0n) is 19.4. The van der Waals surface area contributed by atoms with Gasteiger partial charge in [-0.25, -0.2) is 4.68 Å². The number of nitrogens with zero attached hydrogens (tertiary/aromatic N) is 6. The number of thioether (sulfide) groups is 1. The van der Waals surface area contributed by atoms with Crippen LogP contribution in [0.25, 0.3) is 5.69 Å². The van der Waals surface area contributed by atoms with Crippen molar-refractivity contribution in [1.29, 1.82) is 0 Å². The lowest BCUT2D eigenvalue weighted by Crippen LogP contribution is -2.51. The van der Waals surface area contributed by atoms with Gasteiger partial charge in [-0.3, -0.25) is 14.5 Å². The summed E-state index contributed by atoms with van der Waals surface area (Å²) >= 11 is 1.79. The Bertz CT molecular complexity index is 998. The summed E-state index contributed by atoms with van der Waals surface area (Å²) in [5.74, 6) is 2.99. The third kappa shape index (κ3) is 4.48. The zero-order chi connectivity index (χ0) is 22.9. The highest BCUT2D eigenvalue weighted by atomic mass is 32.2. The van der Waals surface area contributed by atoms with E-state index < -0.39 is 0 Å². The molecule has 2 unspecified atom stereocenters. The molecule has 5 rings (SSSR count). The number of aromatic nitrogens is 2. The molecule has 3 aliphatic rings. The van der Waals surface area contributed by atoms with E-state index in [0.717, 1.165) is 68.0 Å². The minimum absolute atomic E-state index is 0.00331. The predicted molar refractivity (Wildman–Crippen MR) is 131 cm³/mol. The third-order valence-electron chi connectivity index (χ3n) is 7.00. The van der Waals surface area contributed by atoms with Gasteiger partial charge in [-0.2, -0.15) is 5.10 Å². The monoisotopic (exact) mass is 468 g/mol. The highest BCUT2D eigenvalue weighted by molar-refractivity contribution is 7.99. The van der Waals surface area contributed by atoms with Crippen LogP contribution in [0.5, 0.6) is 0 Å². The Labute approximate surface area is 199 Å². The van der Waals surface area contributed by atoms with E-state index in [-0.39, 0.29) is 23.9 Å². The highest BCUT2D eigenvalue weighted by Crippen LogP contribution is 2.28. The normalized spacial score (nSPS) is 24.0. The maximum Gasteiger partial charge on any atom is 0.246 e. The Morgan fingerprint density at radius 3 is 2.48 bits per heavy atom. The predicted octanol–water partition coefficient (Wildman–Crippen LogP) is 1.83. The number of anilines is 1. The number of carbonyl (C=O) groups excluding carboxylic acids is 2. The van der Waals surface area contributed by atoms with Crippen molar-refractivity contribution >= 4 is 29.4 Å². The molecule has 2 atom stereocenters. The van der Waals surface area contributed by atoms with E-state index in [1.807, 2.05) is 34.7 Å². The fourth-order valence-corrected chi connectivity index (χ4v) is 6.20. The molecule has 0 saturated carbocycles. The first-order valence-electron chi connectivity index (χ1n) is 11.8. The van der Waals surface area contributed by atoms with Crippen molar-refractivity contribution in [3.05, 3.63) is 42.1 Å². The standard InChI is InChI=1S/C24H32N6O2S/c1-18-14-23(30(25-18)20-6-4-3-5-7-20)27-10-8-26(9-11-27)21-15-22(29(16-21)19(2)31)24(32)28-12-13-33-17-28/h3-7,14,21-22H,8-13,15-17H2,1-2H3. The third-order valence-corrected chi connectivity index (χ3v) is 7.97. The summed E-state index contributed by atoms with van der Waals surface area (Å²) in [6, 6.07) is 12.3. The molecule has 176 valence electrons. The summed E-state index contributed by atoms with van der Waals surface area (Å²) in [4.78, 5) is 34.0. The Morgan fingerprint density at radius 2 is 1.82 bits per heavy atom. The second kappa shape index (κ2) is 9.38. The lowest BCUT2D eigenvalue weighted by Gasteiger charge is -2.38. The van der Waals surface area contributed by atoms with Gasteiger partial charge in [0.25, 0.3) is 0 Å². The number of benzene rings is 1. The van der Waals surface area contributed by atoms with Gasteiger partial charge in [0.05, 0.1) is 17.3 Å². The maximum atomic E-state index is 13.1. The van der Waals surface area contributed by atoms with Crippen molar-refractivity contribution in [2.45, 2.75) is 32.4 Å². The first-order chi connectivity index (χ1) is 16.0. The summed E-state index contributed by atoms with van der Waals surface area (Å²) < 4.78 is 2.03. The number of hydrogen-bond acceptors (Lipinski definition) is 6. The fourth-order valence-electron chi connectivity index (χ4n) is 5.25. The van der Waals surface area contributed by atoms with Crippen LogP contribution in [0, 0.1) is 6.92 Å². The van der Waals surface area contributed by atoms with Gasteiger partial charge in [0, 0.05) is 64.1 Å². The fraction of sp³-hybridized carbons (Fsp3) is 0.542. The number of aryl methyl sites for hydroxylation is 1. The van der Waals surface area contributed by atoms with Gasteiger partial charge in [-0.1, -0.05) is 18.2 Å². The van der Waals surface area contributed by atoms with Crippen molar-refractivity contribution in [3.8, 4) is 5.69 Å². The van der Waals surface area contributed by atoms with E-state index in [1.54, 1.807) is 23.6 Å². The average molecular weight is 469 g/mol. The van der Waals surface area contributed by atoms with Crippen LogP contribution < -0.4 is 4.90 Å². The number of hydrogen-bond donors (Lipinski definition) is 0. The number of piperazine rings is 1. The molecular formula is C24H32N6O2S. The number of likely N-dealkylation sites (tertiary alicyclic amines) is 1. The highest BCUT2D eigenvalue weighted by Gasteiger charge is 2.43. The first kappa shape index (κ1) is 22.3. The van der Waals surface area contributed by atoms with Gasteiger partial charge < -0.3 is 14.7 Å². The van der Waals surface area contributed by atoms with Gasteiger partial charge in [-0.05, 0) is 25.5 Å². The van der Waals surface area contributed by atoms with E-state index in [4.69, 9.17) is 5.10 Å². The lowest BCUT2D eigenvalue weighted by atomic mass is 10.1. The van der Waals surface area contributed by atoms with E-state index in [2.05, 4.69) is 28.0 Å². The smallest absolute Gasteiger partial charge is 0.246 e. The lowest BCUT2D eigenvalue weighted by molar-refractivity contribution is -0.141. The Balaban J connectivity index is 1.25. The van der Waals surface area contributed by atoms with E-state index in [0.29, 0.717) is 6.54 Å². The van der Waals surface area contributed by atoms with Gasteiger partial charge >= 0.3 is 0 Å². The summed E-state index contributed by atoms with van der Waals surface area (Å²) in [5, 5.41) is 4.72. The van der Waals surface area contributed by atoms with Crippen molar-refractivity contribution in [1.82, 2.24) is 24.5 Å². The quantitative estimate of drug-likeness (QED) is 0.682. The van der Waals surface area contributed by atoms with E-state index in [1.165, 1.54) is 0 Å². The number of carbonyl (C=O) groups is 2. The second-order valence-electron chi connectivity index (χ2n) is 9.13. The van der Waals surface area contributed by atoms with Crippen LogP contribution in [0.15, 0.2) is 36.4 Å². The molecule has 0 radical (unpaired) electrons. The largest absolute Gasteiger partial charge is 0.354 e. The van der Waals surface area contributed by atoms with Gasteiger partial charge in [0.1, 0.15) is 11.9 Å². The van der Waals surface area contributed by atoms with Crippen LogP contribution in [0.4, 0.5) is 5.82 Å². The number of rotatable bonds is 4. The van der Waals surface area contributed by atoms with Gasteiger partial charge in [0.2, 0.25) is 11.8 Å². The summed E-state index contributed by atoms with van der Waals surface area (Å²) in [6.07, 6.45) is 0.737. The van der Waals surface area contributed by atoms with E-state index in [9.17, 15) is 9.59 Å². The van der Waals surface area contributed by atoms with Crippen LogP contribution in [0.3, 0.4) is 0 Å². The molecule has 1 aromatic carbocycles. The van der Waals surface area contributed by atoms with Gasteiger partial charge in [0.15, 0.2) is 0 Å². The molecule has 3 saturated heterocycles. The topological polar surface area (TPSA) is 64.9 Å². The summed E-state index contributed by atoms with van der Waals surface area (Å²) in [7, 11) is 0. The zero-order valence-corrected chi connectivity index (χ0v) is 20.2.